The monoisotopic (exact) mass is 467 g/mol. The van der Waals surface area contributed by atoms with Crippen LogP contribution in [-0.4, -0.2) is 18.4 Å². The zero-order valence-electron chi connectivity index (χ0n) is 17.9. The van der Waals surface area contributed by atoms with Gasteiger partial charge in [-0.1, -0.05) is 23.7 Å². The Balaban J connectivity index is 1.37. The van der Waals surface area contributed by atoms with Crippen LogP contribution in [0.4, 0.5) is 0 Å². The van der Waals surface area contributed by atoms with Gasteiger partial charge in [-0.25, -0.2) is 0 Å². The van der Waals surface area contributed by atoms with E-state index in [1.165, 1.54) is 6.07 Å². The van der Waals surface area contributed by atoms with E-state index in [0.717, 1.165) is 5.56 Å². The second-order valence-electron chi connectivity index (χ2n) is 7.03. The highest BCUT2D eigenvalue weighted by Gasteiger charge is 2.13. The van der Waals surface area contributed by atoms with Crippen molar-refractivity contribution in [1.82, 2.24) is 10.9 Å². The van der Waals surface area contributed by atoms with Gasteiger partial charge in [0.25, 0.3) is 0 Å². The number of rotatable bonds is 9. The first kappa shape index (κ1) is 23.7. The third kappa shape index (κ3) is 7.02. The van der Waals surface area contributed by atoms with E-state index in [2.05, 4.69) is 10.9 Å². The molecule has 0 atom stereocenters. The summed E-state index contributed by atoms with van der Waals surface area (Å²) in [6, 6.07) is 17.2. The number of ether oxygens (including phenoxy) is 2. The lowest BCUT2D eigenvalue weighted by Crippen LogP contribution is -2.41. The van der Waals surface area contributed by atoms with Gasteiger partial charge in [-0.3, -0.25) is 20.4 Å². The molecule has 0 aliphatic rings. The first-order valence-corrected chi connectivity index (χ1v) is 10.5. The summed E-state index contributed by atoms with van der Waals surface area (Å²) in [6.07, 6.45) is 0.638. The van der Waals surface area contributed by atoms with E-state index in [1.807, 2.05) is 13.0 Å². The number of carbonyl (C=O) groups is 2. The van der Waals surface area contributed by atoms with Crippen molar-refractivity contribution in [2.75, 3.05) is 6.61 Å². The van der Waals surface area contributed by atoms with Gasteiger partial charge in [-0.05, 0) is 61.4 Å². The molecule has 0 unspecified atom stereocenters. The van der Waals surface area contributed by atoms with Crippen LogP contribution in [0.1, 0.15) is 40.3 Å². The van der Waals surface area contributed by atoms with Crippen molar-refractivity contribution in [3.8, 4) is 17.6 Å². The molecule has 0 aliphatic carbocycles. The highest BCUT2D eigenvalue weighted by Crippen LogP contribution is 2.22. The molecule has 2 aromatic carbocycles. The summed E-state index contributed by atoms with van der Waals surface area (Å²) in [4.78, 5) is 24.1. The smallest absolute Gasteiger partial charge is 0.305 e. The third-order valence-electron chi connectivity index (χ3n) is 4.52. The normalized spacial score (nSPS) is 10.2. The summed E-state index contributed by atoms with van der Waals surface area (Å²) < 4.78 is 16.6. The zero-order chi connectivity index (χ0) is 23.6. The van der Waals surface area contributed by atoms with E-state index in [1.54, 1.807) is 48.5 Å². The maximum Gasteiger partial charge on any atom is 0.305 e. The van der Waals surface area contributed by atoms with Crippen molar-refractivity contribution < 1.29 is 23.5 Å². The van der Waals surface area contributed by atoms with Crippen LogP contribution in [0.15, 0.2) is 59.0 Å². The third-order valence-corrected chi connectivity index (χ3v) is 4.76. The number of carbonyl (C=O) groups excluding carboxylic acids is 2. The van der Waals surface area contributed by atoms with Crippen LogP contribution < -0.4 is 20.3 Å². The summed E-state index contributed by atoms with van der Waals surface area (Å²) in [5, 5.41) is 9.72. The molecule has 1 aromatic heterocycles. The Morgan fingerprint density at radius 3 is 2.67 bits per heavy atom. The molecule has 0 radical (unpaired) electrons. The fraction of sp³-hybridized carbons (Fsp3) is 0.208. The molecule has 8 nitrogen and oxygen atoms in total. The number of furan rings is 1. The molecule has 33 heavy (non-hydrogen) atoms. The summed E-state index contributed by atoms with van der Waals surface area (Å²) >= 11 is 5.91. The SMILES string of the molecule is Cc1cc(Cl)ccc1OCCCC(=O)NNC(=O)c1ccc(COc2ccccc2C#N)o1. The van der Waals surface area contributed by atoms with Crippen LogP contribution in [0.5, 0.6) is 11.5 Å². The average molecular weight is 468 g/mol. The van der Waals surface area contributed by atoms with Crippen LogP contribution in [0.3, 0.4) is 0 Å². The molecule has 0 saturated carbocycles. The van der Waals surface area contributed by atoms with Crippen molar-refractivity contribution in [2.45, 2.75) is 26.4 Å². The highest BCUT2D eigenvalue weighted by atomic mass is 35.5. The Hall–Kier alpha value is -3.96. The van der Waals surface area contributed by atoms with Gasteiger partial charge in [-0.2, -0.15) is 5.26 Å². The van der Waals surface area contributed by atoms with Crippen molar-refractivity contribution in [2.24, 2.45) is 0 Å². The molecular weight excluding hydrogens is 446 g/mol. The molecule has 9 heteroatoms. The molecular formula is C24H22ClN3O5. The van der Waals surface area contributed by atoms with Crippen molar-refractivity contribution in [3.05, 3.63) is 82.3 Å². The predicted octanol–water partition coefficient (Wildman–Crippen LogP) is 4.31. The van der Waals surface area contributed by atoms with E-state index < -0.39 is 5.91 Å². The van der Waals surface area contributed by atoms with E-state index in [4.69, 9.17) is 30.8 Å². The number of nitriles is 1. The minimum absolute atomic E-state index is 0.0176. The quantitative estimate of drug-likeness (QED) is 0.358. The maximum atomic E-state index is 12.2. The van der Waals surface area contributed by atoms with Gasteiger partial charge < -0.3 is 13.9 Å². The Morgan fingerprint density at radius 1 is 1.06 bits per heavy atom. The van der Waals surface area contributed by atoms with Gasteiger partial charge in [0.2, 0.25) is 5.91 Å². The molecule has 2 N–H and O–H groups in total. The number of hydrogen-bond donors (Lipinski definition) is 2. The standard InChI is InChI=1S/C24H22ClN3O5/c1-16-13-18(25)8-10-20(16)31-12-4-7-23(29)27-28-24(30)22-11-9-19(33-22)15-32-21-6-3-2-5-17(21)14-26/h2-3,5-6,8-11,13H,4,7,12,15H2,1H3,(H,27,29)(H,28,30). The van der Waals surface area contributed by atoms with E-state index in [-0.39, 0.29) is 24.7 Å². The van der Waals surface area contributed by atoms with Gasteiger partial charge >= 0.3 is 5.91 Å². The number of halogens is 1. The Labute approximate surface area is 196 Å². The lowest BCUT2D eigenvalue weighted by molar-refractivity contribution is -0.122. The van der Waals surface area contributed by atoms with E-state index in [0.29, 0.717) is 40.9 Å². The molecule has 0 aliphatic heterocycles. The molecule has 2 amide bonds. The predicted molar refractivity (Wildman–Crippen MR) is 121 cm³/mol. The minimum atomic E-state index is -0.597. The number of para-hydroxylation sites is 1. The number of aryl methyl sites for hydroxylation is 1. The molecule has 0 spiro atoms. The summed E-state index contributed by atoms with van der Waals surface area (Å²) in [5.74, 6) is 0.590. The molecule has 0 bridgehead atoms. The van der Waals surface area contributed by atoms with Gasteiger partial charge in [0.1, 0.15) is 29.9 Å². The van der Waals surface area contributed by atoms with Crippen LogP contribution >= 0.6 is 11.6 Å². The first-order valence-electron chi connectivity index (χ1n) is 10.1. The molecule has 3 rings (SSSR count). The number of hydrogen-bond acceptors (Lipinski definition) is 6. The van der Waals surface area contributed by atoms with E-state index in [9.17, 15) is 9.59 Å². The maximum absolute atomic E-state index is 12.2. The van der Waals surface area contributed by atoms with Crippen LogP contribution in [0.25, 0.3) is 0 Å². The second kappa shape index (κ2) is 11.6. The fourth-order valence-corrected chi connectivity index (χ4v) is 3.08. The Bertz CT molecular complexity index is 1170. The van der Waals surface area contributed by atoms with Crippen molar-refractivity contribution in [3.63, 3.8) is 0 Å². The zero-order valence-corrected chi connectivity index (χ0v) is 18.6. The summed E-state index contributed by atoms with van der Waals surface area (Å²) in [5.41, 5.74) is 5.96. The fourth-order valence-electron chi connectivity index (χ4n) is 2.85. The number of hydrazine groups is 1. The molecule has 1 heterocycles. The van der Waals surface area contributed by atoms with Crippen molar-refractivity contribution in [1.29, 1.82) is 5.26 Å². The second-order valence-corrected chi connectivity index (χ2v) is 7.46. The molecule has 170 valence electrons. The van der Waals surface area contributed by atoms with Crippen LogP contribution in [0, 0.1) is 18.3 Å². The van der Waals surface area contributed by atoms with Gasteiger partial charge in [0, 0.05) is 11.4 Å². The topological polar surface area (TPSA) is 114 Å². The van der Waals surface area contributed by atoms with Crippen LogP contribution in [0.2, 0.25) is 5.02 Å². The van der Waals surface area contributed by atoms with E-state index >= 15 is 0 Å². The minimum Gasteiger partial charge on any atom is -0.493 e. The lowest BCUT2D eigenvalue weighted by Gasteiger charge is -2.09. The van der Waals surface area contributed by atoms with Gasteiger partial charge in [-0.15, -0.1) is 0 Å². The number of amides is 2. The molecule has 3 aromatic rings. The van der Waals surface area contributed by atoms with Gasteiger partial charge in [0.05, 0.1) is 12.2 Å². The summed E-state index contributed by atoms with van der Waals surface area (Å²) in [7, 11) is 0. The van der Waals surface area contributed by atoms with Crippen LogP contribution in [-0.2, 0) is 11.4 Å². The lowest BCUT2D eigenvalue weighted by atomic mass is 10.2. The Morgan fingerprint density at radius 2 is 1.88 bits per heavy atom. The largest absolute Gasteiger partial charge is 0.493 e. The Kier molecular flexibility index (Phi) is 8.33. The van der Waals surface area contributed by atoms with Gasteiger partial charge in [0.15, 0.2) is 5.76 Å². The summed E-state index contributed by atoms with van der Waals surface area (Å²) in [6.45, 7) is 2.28. The average Bonchev–Trinajstić information content (AvgIpc) is 3.29. The number of benzene rings is 2. The number of nitrogens with zero attached hydrogens (tertiary/aromatic N) is 1. The molecule has 0 saturated heterocycles. The molecule has 0 fully saturated rings. The highest BCUT2D eigenvalue weighted by molar-refractivity contribution is 6.30. The first-order chi connectivity index (χ1) is 16.0. The number of nitrogens with one attached hydrogen (secondary N) is 2. The van der Waals surface area contributed by atoms with Crippen molar-refractivity contribution >= 4 is 23.4 Å².